The predicted molar refractivity (Wildman–Crippen MR) is 116 cm³/mol. The van der Waals surface area contributed by atoms with E-state index in [0.717, 1.165) is 17.8 Å². The summed E-state index contributed by atoms with van der Waals surface area (Å²) in [7, 11) is 1.62. The number of methoxy groups -OCH3 is 1. The molecule has 0 atom stereocenters. The summed E-state index contributed by atoms with van der Waals surface area (Å²) in [5, 5.41) is 5.51. The van der Waals surface area contributed by atoms with Crippen LogP contribution < -0.4 is 5.32 Å². The first kappa shape index (κ1) is 23.3. The molecule has 2 aromatic rings. The number of hydrogen-bond donors (Lipinski definition) is 1. The Morgan fingerprint density at radius 2 is 1.97 bits per heavy atom. The minimum absolute atomic E-state index is 0.00832. The maximum atomic E-state index is 12.4. The topological polar surface area (TPSA) is 103 Å². The molecule has 0 radical (unpaired) electrons. The second-order valence-electron chi connectivity index (χ2n) is 7.08. The van der Waals surface area contributed by atoms with Crippen LogP contribution in [0.1, 0.15) is 34.3 Å². The molecule has 0 bridgehead atoms. The first-order valence-electron chi connectivity index (χ1n) is 10.3. The van der Waals surface area contributed by atoms with Crippen LogP contribution in [-0.2, 0) is 19.0 Å². The number of piperidine rings is 1. The van der Waals surface area contributed by atoms with E-state index < -0.39 is 0 Å². The van der Waals surface area contributed by atoms with Crippen LogP contribution in [-0.4, -0.2) is 79.9 Å². The molecule has 3 heterocycles. The Balaban J connectivity index is 1.38. The molecule has 0 aliphatic carbocycles. The second kappa shape index (κ2) is 12.5. The van der Waals surface area contributed by atoms with Gasteiger partial charge in [-0.15, -0.1) is 11.3 Å². The van der Waals surface area contributed by atoms with Gasteiger partial charge in [0.05, 0.1) is 43.3 Å². The maximum Gasteiger partial charge on any atom is 0.275 e. The molecule has 1 N–H and O–H groups in total. The van der Waals surface area contributed by atoms with Crippen molar-refractivity contribution >= 4 is 28.8 Å². The van der Waals surface area contributed by atoms with Crippen LogP contribution in [0.5, 0.6) is 0 Å². The SMILES string of the molecule is COCCOCCOCC(=O)N1CCC(c2nc(C(=O)Nc3cccnc3)cs2)CC1. The number of thiazole rings is 1. The normalized spacial score (nSPS) is 14.5. The van der Waals surface area contributed by atoms with Gasteiger partial charge in [0, 0.05) is 37.7 Å². The standard InChI is InChI=1S/C21H28N4O5S/c1-28-9-10-29-11-12-30-14-19(26)25-7-4-16(5-8-25)21-24-18(15-31-21)20(27)23-17-3-2-6-22-13-17/h2-3,6,13,15-16H,4-5,7-12,14H2,1H3,(H,23,27). The lowest BCUT2D eigenvalue weighted by atomic mass is 9.97. The highest BCUT2D eigenvalue weighted by Gasteiger charge is 2.26. The highest BCUT2D eigenvalue weighted by atomic mass is 32.1. The van der Waals surface area contributed by atoms with Crippen LogP contribution in [0.3, 0.4) is 0 Å². The molecule has 0 saturated carbocycles. The molecule has 0 aromatic carbocycles. The van der Waals surface area contributed by atoms with Gasteiger partial charge in [-0.1, -0.05) is 0 Å². The van der Waals surface area contributed by atoms with Crippen molar-refractivity contribution in [1.82, 2.24) is 14.9 Å². The van der Waals surface area contributed by atoms with Crippen molar-refractivity contribution in [3.05, 3.63) is 40.6 Å². The molecule has 3 rings (SSSR count). The largest absolute Gasteiger partial charge is 0.382 e. The summed E-state index contributed by atoms with van der Waals surface area (Å²) in [6.07, 6.45) is 4.89. The summed E-state index contributed by atoms with van der Waals surface area (Å²) in [6.45, 7) is 3.28. The zero-order chi connectivity index (χ0) is 21.9. The minimum Gasteiger partial charge on any atom is -0.382 e. The van der Waals surface area contributed by atoms with Gasteiger partial charge in [0.1, 0.15) is 12.3 Å². The third-order valence-electron chi connectivity index (χ3n) is 4.90. The Morgan fingerprint density at radius 3 is 2.71 bits per heavy atom. The van der Waals surface area contributed by atoms with Crippen molar-refractivity contribution in [2.24, 2.45) is 0 Å². The summed E-state index contributed by atoms with van der Waals surface area (Å²) in [6, 6.07) is 3.54. The average molecular weight is 449 g/mol. The van der Waals surface area contributed by atoms with E-state index in [9.17, 15) is 9.59 Å². The van der Waals surface area contributed by atoms with E-state index >= 15 is 0 Å². The van der Waals surface area contributed by atoms with Gasteiger partial charge in [0.15, 0.2) is 0 Å². The van der Waals surface area contributed by atoms with Crippen LogP contribution in [0.25, 0.3) is 0 Å². The summed E-state index contributed by atoms with van der Waals surface area (Å²) < 4.78 is 15.6. The second-order valence-corrected chi connectivity index (χ2v) is 7.97. The van der Waals surface area contributed by atoms with Crippen LogP contribution in [0, 0.1) is 0 Å². The number of nitrogens with one attached hydrogen (secondary N) is 1. The van der Waals surface area contributed by atoms with E-state index in [0.29, 0.717) is 50.9 Å². The number of anilines is 1. The van der Waals surface area contributed by atoms with Gasteiger partial charge in [-0.05, 0) is 25.0 Å². The third-order valence-corrected chi connectivity index (χ3v) is 5.91. The van der Waals surface area contributed by atoms with E-state index in [4.69, 9.17) is 14.2 Å². The van der Waals surface area contributed by atoms with Crippen molar-refractivity contribution < 1.29 is 23.8 Å². The number of rotatable bonds is 11. The molecular weight excluding hydrogens is 420 g/mol. The molecule has 1 aliphatic heterocycles. The van der Waals surface area contributed by atoms with E-state index in [-0.39, 0.29) is 24.3 Å². The molecule has 168 valence electrons. The molecule has 1 aliphatic rings. The number of likely N-dealkylation sites (tertiary alicyclic amines) is 1. The number of hydrogen-bond acceptors (Lipinski definition) is 8. The molecular formula is C21H28N4O5S. The zero-order valence-corrected chi connectivity index (χ0v) is 18.4. The number of nitrogens with zero attached hydrogens (tertiary/aromatic N) is 3. The van der Waals surface area contributed by atoms with Crippen molar-refractivity contribution in [3.8, 4) is 0 Å². The van der Waals surface area contributed by atoms with Crippen LogP contribution in [0.2, 0.25) is 0 Å². The molecule has 2 aromatic heterocycles. The average Bonchev–Trinajstić information content (AvgIpc) is 3.30. The van der Waals surface area contributed by atoms with Crippen LogP contribution in [0.15, 0.2) is 29.9 Å². The van der Waals surface area contributed by atoms with Crippen molar-refractivity contribution in [3.63, 3.8) is 0 Å². The molecule has 0 unspecified atom stereocenters. The molecule has 1 saturated heterocycles. The quantitative estimate of drug-likeness (QED) is 0.526. The number of carbonyl (C=O) groups is 2. The highest BCUT2D eigenvalue weighted by Crippen LogP contribution is 2.30. The van der Waals surface area contributed by atoms with E-state index in [1.54, 1.807) is 37.0 Å². The zero-order valence-electron chi connectivity index (χ0n) is 17.6. The Labute approximate surface area is 185 Å². The summed E-state index contributed by atoms with van der Waals surface area (Å²) in [5.41, 5.74) is 1.04. The van der Waals surface area contributed by atoms with E-state index in [1.807, 2.05) is 4.90 Å². The third kappa shape index (κ3) is 7.35. The highest BCUT2D eigenvalue weighted by molar-refractivity contribution is 7.10. The Morgan fingerprint density at radius 1 is 1.19 bits per heavy atom. The van der Waals surface area contributed by atoms with Crippen molar-refractivity contribution in [2.45, 2.75) is 18.8 Å². The van der Waals surface area contributed by atoms with Gasteiger partial charge >= 0.3 is 0 Å². The Kier molecular flexibility index (Phi) is 9.35. The summed E-state index contributed by atoms with van der Waals surface area (Å²) in [4.78, 5) is 35.0. The molecule has 10 heteroatoms. The van der Waals surface area contributed by atoms with Gasteiger partial charge in [-0.3, -0.25) is 14.6 Å². The molecule has 0 spiro atoms. The van der Waals surface area contributed by atoms with E-state index in [1.165, 1.54) is 11.3 Å². The number of carbonyl (C=O) groups excluding carboxylic acids is 2. The number of ether oxygens (including phenoxy) is 3. The van der Waals surface area contributed by atoms with Gasteiger partial charge in [-0.2, -0.15) is 0 Å². The van der Waals surface area contributed by atoms with Gasteiger partial charge in [0.25, 0.3) is 5.91 Å². The predicted octanol–water partition coefficient (Wildman–Crippen LogP) is 2.18. The lowest BCUT2D eigenvalue weighted by Crippen LogP contribution is -2.40. The van der Waals surface area contributed by atoms with Crippen molar-refractivity contribution in [2.75, 3.05) is 58.6 Å². The number of amides is 2. The van der Waals surface area contributed by atoms with Gasteiger partial charge in [-0.25, -0.2) is 4.98 Å². The van der Waals surface area contributed by atoms with Crippen LogP contribution in [0.4, 0.5) is 5.69 Å². The summed E-state index contributed by atoms with van der Waals surface area (Å²) >= 11 is 1.49. The number of aromatic nitrogens is 2. The van der Waals surface area contributed by atoms with Gasteiger partial charge < -0.3 is 24.4 Å². The smallest absolute Gasteiger partial charge is 0.275 e. The van der Waals surface area contributed by atoms with Crippen molar-refractivity contribution in [1.29, 1.82) is 0 Å². The lowest BCUT2D eigenvalue weighted by Gasteiger charge is -2.31. The summed E-state index contributed by atoms with van der Waals surface area (Å²) in [5.74, 6) is 0.00146. The molecule has 1 fully saturated rings. The fraction of sp³-hybridized carbons (Fsp3) is 0.524. The lowest BCUT2D eigenvalue weighted by molar-refractivity contribution is -0.137. The Hall–Kier alpha value is -2.40. The Bertz CT molecular complexity index is 824. The van der Waals surface area contributed by atoms with Gasteiger partial charge in [0.2, 0.25) is 5.91 Å². The molecule has 2 amide bonds. The monoisotopic (exact) mass is 448 g/mol. The fourth-order valence-electron chi connectivity index (χ4n) is 3.20. The first-order chi connectivity index (χ1) is 15.2. The molecule has 9 nitrogen and oxygen atoms in total. The number of pyridine rings is 1. The first-order valence-corrected chi connectivity index (χ1v) is 11.1. The van der Waals surface area contributed by atoms with Crippen LogP contribution >= 0.6 is 11.3 Å². The minimum atomic E-state index is -0.244. The maximum absolute atomic E-state index is 12.4. The van der Waals surface area contributed by atoms with E-state index in [2.05, 4.69) is 15.3 Å². The fourth-order valence-corrected chi connectivity index (χ4v) is 4.17. The molecule has 31 heavy (non-hydrogen) atoms.